The first-order valence-electron chi connectivity index (χ1n) is 6.92. The molecule has 0 bridgehead atoms. The summed E-state index contributed by atoms with van der Waals surface area (Å²) >= 11 is 0. The van der Waals surface area contributed by atoms with Crippen molar-refractivity contribution in [3.8, 4) is 0 Å². The normalized spacial score (nSPS) is 11.1. The van der Waals surface area contributed by atoms with Crippen molar-refractivity contribution in [3.63, 3.8) is 0 Å². The Morgan fingerprint density at radius 3 is 2.24 bits per heavy atom. The molecule has 1 aromatic rings. The van der Waals surface area contributed by atoms with Crippen LogP contribution in [0.3, 0.4) is 0 Å². The monoisotopic (exact) mass is 292 g/mol. The second-order valence-electron chi connectivity index (χ2n) is 6.00. The van der Waals surface area contributed by atoms with Crippen molar-refractivity contribution in [2.45, 2.75) is 39.3 Å². The van der Waals surface area contributed by atoms with Crippen LogP contribution in [0.5, 0.6) is 0 Å². The number of rotatable bonds is 5. The van der Waals surface area contributed by atoms with E-state index in [1.807, 2.05) is 27.7 Å². The number of nitrogens with one attached hydrogen (secondary N) is 3. The Hall–Kier alpha value is -2.08. The van der Waals surface area contributed by atoms with Crippen molar-refractivity contribution < 1.29 is 9.59 Å². The summed E-state index contributed by atoms with van der Waals surface area (Å²) in [5, 5.41) is 8.18. The van der Waals surface area contributed by atoms with Crippen molar-refractivity contribution in [3.05, 3.63) is 29.8 Å². The molecule has 0 saturated heterocycles. The van der Waals surface area contributed by atoms with Gasteiger partial charge in [0.25, 0.3) is 5.91 Å². The minimum Gasteiger partial charge on any atom is -0.350 e. The Morgan fingerprint density at radius 1 is 1.19 bits per heavy atom. The second kappa shape index (κ2) is 7.08. The zero-order valence-corrected chi connectivity index (χ0v) is 13.0. The maximum Gasteiger partial charge on any atom is 0.319 e. The van der Waals surface area contributed by atoms with Crippen molar-refractivity contribution in [1.82, 2.24) is 10.6 Å². The largest absolute Gasteiger partial charge is 0.350 e. The number of carbonyl (C=O) groups excluding carboxylic acids is 2. The average Bonchev–Trinajstić information content (AvgIpc) is 2.35. The molecule has 0 aliphatic carbocycles. The SMILES string of the molecule is CC(C)NC(=O)Nc1ccc(C(=O)NCC(C)(C)N)cc1. The molecule has 5 N–H and O–H groups in total. The van der Waals surface area contributed by atoms with Crippen molar-refractivity contribution >= 4 is 17.6 Å². The van der Waals surface area contributed by atoms with Crippen LogP contribution in [0.1, 0.15) is 38.1 Å². The molecule has 116 valence electrons. The molecule has 0 aliphatic heterocycles. The number of benzene rings is 1. The molecule has 0 saturated carbocycles. The first-order valence-corrected chi connectivity index (χ1v) is 6.92. The van der Waals surface area contributed by atoms with E-state index in [-0.39, 0.29) is 18.0 Å². The highest BCUT2D eigenvalue weighted by Crippen LogP contribution is 2.09. The maximum absolute atomic E-state index is 11.9. The molecule has 1 aromatic carbocycles. The number of urea groups is 1. The molecule has 0 aliphatic rings. The van der Waals surface area contributed by atoms with Gasteiger partial charge in [0.1, 0.15) is 0 Å². The third-order valence-corrected chi connectivity index (χ3v) is 2.53. The quantitative estimate of drug-likeness (QED) is 0.665. The number of hydrogen-bond acceptors (Lipinski definition) is 3. The predicted octanol–water partition coefficient (Wildman–Crippen LogP) is 1.68. The molecule has 1 rings (SSSR count). The van der Waals surface area contributed by atoms with Gasteiger partial charge in [0.05, 0.1) is 0 Å². The van der Waals surface area contributed by atoms with Crippen molar-refractivity contribution in [2.24, 2.45) is 5.73 Å². The molecule has 0 heterocycles. The molecular weight excluding hydrogens is 268 g/mol. The molecule has 3 amide bonds. The summed E-state index contributed by atoms with van der Waals surface area (Å²) in [4.78, 5) is 23.4. The lowest BCUT2D eigenvalue weighted by Crippen LogP contribution is -2.45. The summed E-state index contributed by atoms with van der Waals surface area (Å²) in [6, 6.07) is 6.47. The molecule has 0 spiro atoms. The molecule has 6 heteroatoms. The summed E-state index contributed by atoms with van der Waals surface area (Å²) < 4.78 is 0. The Bertz CT molecular complexity index is 489. The highest BCUT2D eigenvalue weighted by atomic mass is 16.2. The predicted molar refractivity (Wildman–Crippen MR) is 84.3 cm³/mol. The van der Waals surface area contributed by atoms with Gasteiger partial charge in [-0.3, -0.25) is 4.79 Å². The zero-order chi connectivity index (χ0) is 16.0. The van der Waals surface area contributed by atoms with Crippen LogP contribution in [-0.2, 0) is 0 Å². The van der Waals surface area contributed by atoms with Crippen LogP contribution >= 0.6 is 0 Å². The molecule has 6 nitrogen and oxygen atoms in total. The van der Waals surface area contributed by atoms with E-state index in [4.69, 9.17) is 5.73 Å². The number of nitrogens with two attached hydrogens (primary N) is 1. The molecule has 0 atom stereocenters. The lowest BCUT2D eigenvalue weighted by atomic mass is 10.1. The van der Waals surface area contributed by atoms with Crippen LogP contribution in [0.2, 0.25) is 0 Å². The highest BCUT2D eigenvalue weighted by molar-refractivity contribution is 5.95. The zero-order valence-electron chi connectivity index (χ0n) is 13.0. The summed E-state index contributed by atoms with van der Waals surface area (Å²) in [5.41, 5.74) is 6.51. The van der Waals surface area contributed by atoms with Crippen LogP contribution in [-0.4, -0.2) is 30.1 Å². The summed E-state index contributed by atoms with van der Waals surface area (Å²) in [5.74, 6) is -0.188. The second-order valence-corrected chi connectivity index (χ2v) is 6.00. The van der Waals surface area contributed by atoms with Gasteiger partial charge in [-0.1, -0.05) is 0 Å². The molecule has 0 fully saturated rings. The summed E-state index contributed by atoms with van der Waals surface area (Å²) in [6.07, 6.45) is 0. The fourth-order valence-corrected chi connectivity index (χ4v) is 1.54. The maximum atomic E-state index is 11.9. The number of carbonyl (C=O) groups is 2. The first-order chi connectivity index (χ1) is 9.67. The smallest absolute Gasteiger partial charge is 0.319 e. The van der Waals surface area contributed by atoms with Gasteiger partial charge in [0.2, 0.25) is 0 Å². The van der Waals surface area contributed by atoms with E-state index in [1.54, 1.807) is 24.3 Å². The Morgan fingerprint density at radius 2 is 1.76 bits per heavy atom. The Balaban J connectivity index is 2.57. The van der Waals surface area contributed by atoms with Crippen LogP contribution in [0, 0.1) is 0 Å². The molecule has 0 radical (unpaired) electrons. The minimum atomic E-state index is -0.452. The average molecular weight is 292 g/mol. The van der Waals surface area contributed by atoms with Gasteiger partial charge in [0.15, 0.2) is 0 Å². The summed E-state index contributed by atoms with van der Waals surface area (Å²) in [6.45, 7) is 7.84. The first kappa shape index (κ1) is 17.0. The Labute approximate surface area is 125 Å². The van der Waals surface area contributed by atoms with E-state index >= 15 is 0 Å². The third-order valence-electron chi connectivity index (χ3n) is 2.53. The Kier molecular flexibility index (Phi) is 5.72. The van der Waals surface area contributed by atoms with Gasteiger partial charge in [-0.15, -0.1) is 0 Å². The van der Waals surface area contributed by atoms with E-state index in [1.165, 1.54) is 0 Å². The molecular formula is C15H24N4O2. The fraction of sp³-hybridized carbons (Fsp3) is 0.467. The number of amides is 3. The lowest BCUT2D eigenvalue weighted by Gasteiger charge is -2.18. The van der Waals surface area contributed by atoms with E-state index in [9.17, 15) is 9.59 Å². The number of hydrogen-bond donors (Lipinski definition) is 4. The van der Waals surface area contributed by atoms with Gasteiger partial charge in [-0.05, 0) is 52.0 Å². The van der Waals surface area contributed by atoms with Gasteiger partial charge >= 0.3 is 6.03 Å². The van der Waals surface area contributed by atoms with Crippen LogP contribution in [0.15, 0.2) is 24.3 Å². The van der Waals surface area contributed by atoms with Crippen molar-refractivity contribution in [1.29, 1.82) is 0 Å². The summed E-state index contributed by atoms with van der Waals surface area (Å²) in [7, 11) is 0. The molecule has 0 aromatic heterocycles. The van der Waals surface area contributed by atoms with Crippen LogP contribution < -0.4 is 21.7 Å². The van der Waals surface area contributed by atoms with Gasteiger partial charge in [-0.2, -0.15) is 0 Å². The molecule has 0 unspecified atom stereocenters. The van der Waals surface area contributed by atoms with E-state index in [2.05, 4.69) is 16.0 Å². The highest BCUT2D eigenvalue weighted by Gasteiger charge is 2.13. The minimum absolute atomic E-state index is 0.0645. The number of anilines is 1. The topological polar surface area (TPSA) is 96.2 Å². The molecule has 21 heavy (non-hydrogen) atoms. The van der Waals surface area contributed by atoms with Gasteiger partial charge < -0.3 is 21.7 Å². The van der Waals surface area contributed by atoms with E-state index in [0.29, 0.717) is 17.8 Å². The van der Waals surface area contributed by atoms with Crippen molar-refractivity contribution in [2.75, 3.05) is 11.9 Å². The van der Waals surface area contributed by atoms with Gasteiger partial charge in [-0.25, -0.2) is 4.79 Å². The third kappa shape index (κ3) is 6.76. The van der Waals surface area contributed by atoms with E-state index in [0.717, 1.165) is 0 Å². The lowest BCUT2D eigenvalue weighted by molar-refractivity contribution is 0.0946. The van der Waals surface area contributed by atoms with Crippen LogP contribution in [0.4, 0.5) is 10.5 Å². The van der Waals surface area contributed by atoms with Gasteiger partial charge in [0, 0.05) is 29.4 Å². The van der Waals surface area contributed by atoms with Crippen LogP contribution in [0.25, 0.3) is 0 Å². The van der Waals surface area contributed by atoms with E-state index < -0.39 is 5.54 Å². The standard InChI is InChI=1S/C15H24N4O2/c1-10(2)18-14(21)19-12-7-5-11(6-8-12)13(20)17-9-15(3,4)16/h5-8,10H,9,16H2,1-4H3,(H,17,20)(H2,18,19,21). The fourth-order valence-electron chi connectivity index (χ4n) is 1.54.